The van der Waals surface area contributed by atoms with Gasteiger partial charge in [-0.1, -0.05) is 132 Å². The summed E-state index contributed by atoms with van der Waals surface area (Å²) in [5.74, 6) is -1.04. The van der Waals surface area contributed by atoms with Crippen molar-refractivity contribution in [2.24, 2.45) is 0 Å². The van der Waals surface area contributed by atoms with E-state index in [1.807, 2.05) is 31.2 Å². The largest absolute Gasteiger partial charge is 0.374 e. The number of rotatable bonds is 32. The molecular weight excluding hydrogens is 1520 g/mol. The van der Waals surface area contributed by atoms with E-state index in [9.17, 15) is 40.3 Å². The van der Waals surface area contributed by atoms with E-state index in [0.29, 0.717) is 88.9 Å². The Morgan fingerprint density at radius 2 is 1.41 bits per heavy atom. The highest BCUT2D eigenvalue weighted by atomic mass is 32.2. The number of carbonyl (C=O) groups is 3. The topological polar surface area (TPSA) is 257 Å². The number of anilines is 1. The quantitative estimate of drug-likeness (QED) is 0.0130. The van der Waals surface area contributed by atoms with Crippen molar-refractivity contribution in [3.63, 3.8) is 0 Å². The van der Waals surface area contributed by atoms with Crippen LogP contribution in [0, 0.1) is 13.8 Å². The minimum Gasteiger partial charge on any atom is -0.374 e. The molecule has 0 spiro atoms. The number of benzene rings is 5. The maximum absolute atomic E-state index is 14.2. The Bertz CT molecular complexity index is 5880. The molecule has 21 heteroatoms. The lowest BCUT2D eigenvalue weighted by atomic mass is 9.78. The van der Waals surface area contributed by atoms with E-state index in [2.05, 4.69) is 215 Å². The molecule has 614 valence electrons. The summed E-state index contributed by atoms with van der Waals surface area (Å²) >= 11 is 1.67. The molecule has 0 fully saturated rings. The monoisotopic (exact) mass is 1630 g/mol. The van der Waals surface area contributed by atoms with Crippen molar-refractivity contribution in [3.8, 4) is 0 Å². The number of H-pyrrole nitrogens is 2. The summed E-state index contributed by atoms with van der Waals surface area (Å²) < 4.78 is 76.1. The minimum absolute atomic E-state index is 0.0578. The Hall–Kier alpha value is -9.35. The lowest BCUT2D eigenvalue weighted by molar-refractivity contribution is -0.438. The zero-order valence-electron chi connectivity index (χ0n) is 69.7. The second-order valence-electron chi connectivity index (χ2n) is 33.7. The van der Waals surface area contributed by atoms with Crippen molar-refractivity contribution in [2.45, 2.75) is 219 Å². The second-order valence-corrected chi connectivity index (χ2v) is 37.9. The van der Waals surface area contributed by atoms with Gasteiger partial charge in [0.15, 0.2) is 11.5 Å². The molecule has 6 aliphatic rings. The Morgan fingerprint density at radius 1 is 0.726 bits per heavy atom. The first-order chi connectivity index (χ1) is 56.0. The molecule has 117 heavy (non-hydrogen) atoms. The van der Waals surface area contributed by atoms with Crippen LogP contribution in [0.1, 0.15) is 260 Å². The van der Waals surface area contributed by atoms with Gasteiger partial charge < -0.3 is 30.2 Å². The third kappa shape index (κ3) is 17.9. The molecule has 5 aromatic carbocycles. The van der Waals surface area contributed by atoms with Crippen LogP contribution in [-0.4, -0.2) is 118 Å². The molecule has 18 nitrogen and oxygen atoms in total. The number of aromatic amines is 2. The number of Topliss-reactive ketones (excluding diaryl/α,β-unsaturated/α-hetero) is 1. The van der Waals surface area contributed by atoms with Crippen LogP contribution in [0.25, 0.3) is 54.8 Å². The fourth-order valence-electron chi connectivity index (χ4n) is 18.9. The third-order valence-electron chi connectivity index (χ3n) is 25.1. The van der Waals surface area contributed by atoms with Crippen molar-refractivity contribution in [3.05, 3.63) is 229 Å². The summed E-state index contributed by atoms with van der Waals surface area (Å²) in [4.78, 5) is 64.7. The predicted molar refractivity (Wildman–Crippen MR) is 476 cm³/mol. The van der Waals surface area contributed by atoms with E-state index in [1.165, 1.54) is 17.5 Å². The molecule has 1 unspecified atom stereocenters. The molecule has 6 N–H and O–H groups in total. The molecule has 14 rings (SSSR count). The van der Waals surface area contributed by atoms with Crippen molar-refractivity contribution < 1.29 is 49.6 Å². The molecule has 8 bridgehead atoms. The van der Waals surface area contributed by atoms with Gasteiger partial charge >= 0.3 is 0 Å². The highest BCUT2D eigenvalue weighted by molar-refractivity contribution is 8.03. The number of fused-ring (bicyclic) bond motifs is 14. The number of thioether (sulfide) groups is 1. The van der Waals surface area contributed by atoms with Crippen LogP contribution in [0.15, 0.2) is 166 Å². The van der Waals surface area contributed by atoms with Crippen LogP contribution in [0.2, 0.25) is 0 Å². The number of hydrogen-bond acceptors (Lipinski definition) is 12. The maximum atomic E-state index is 14.2. The number of amides is 2. The van der Waals surface area contributed by atoms with Gasteiger partial charge in [-0.15, -0.1) is 0 Å². The normalized spacial score (nSPS) is 18.1. The summed E-state index contributed by atoms with van der Waals surface area (Å²) in [6.45, 7) is 26.7. The van der Waals surface area contributed by atoms with Crippen molar-refractivity contribution in [1.82, 2.24) is 30.6 Å². The minimum atomic E-state index is -4.14. The first-order valence-electron chi connectivity index (χ1n) is 42.2. The Labute approximate surface area is 693 Å². The first kappa shape index (κ1) is 84.1. The van der Waals surface area contributed by atoms with E-state index >= 15 is 0 Å². The molecule has 2 amide bonds. The zero-order chi connectivity index (χ0) is 82.8. The number of nitrogens with one attached hydrogen (secondary N) is 4. The average Bonchev–Trinajstić information content (AvgIpc) is 1.56. The van der Waals surface area contributed by atoms with Crippen LogP contribution in [-0.2, 0) is 47.0 Å². The number of carbonyl (C=O) groups excluding carboxylic acids is 3. The number of ketones is 1. The number of nitrogens with zero attached hydrogens (tertiary/aromatic N) is 4. The highest BCUT2D eigenvalue weighted by Gasteiger charge is 2.46. The number of aryl methyl sites for hydroxylation is 2. The number of aromatic nitrogens is 4. The summed E-state index contributed by atoms with van der Waals surface area (Å²) in [6, 6.07) is 39.7. The van der Waals surface area contributed by atoms with E-state index in [1.54, 1.807) is 11.8 Å². The third-order valence-corrected chi connectivity index (χ3v) is 27.9. The van der Waals surface area contributed by atoms with Gasteiger partial charge in [0.2, 0.25) is 11.6 Å². The fraction of sp³-hybridized carbons (Fsp3) is 0.417. The highest BCUT2D eigenvalue weighted by Crippen LogP contribution is 2.53. The van der Waals surface area contributed by atoms with E-state index < -0.39 is 31.1 Å². The number of hydrogen-bond donors (Lipinski definition) is 6. The van der Waals surface area contributed by atoms with Crippen LogP contribution in [0.3, 0.4) is 0 Å². The van der Waals surface area contributed by atoms with E-state index in [4.69, 9.17) is 14.7 Å². The van der Waals surface area contributed by atoms with Crippen molar-refractivity contribution >= 4 is 121 Å². The molecular formula is C96H113N8O10S3+. The Morgan fingerprint density at radius 3 is 2.13 bits per heavy atom. The fourth-order valence-corrected chi connectivity index (χ4v) is 21.1. The molecule has 3 aromatic heterocycles. The summed E-state index contributed by atoms with van der Waals surface area (Å²) in [7, 11) is -8.27. The molecule has 2 aliphatic carbocycles. The van der Waals surface area contributed by atoms with Gasteiger partial charge in [0.05, 0.1) is 45.6 Å². The van der Waals surface area contributed by atoms with Crippen LogP contribution in [0.5, 0.6) is 0 Å². The predicted octanol–water partition coefficient (Wildman–Crippen LogP) is 21.1. The second kappa shape index (κ2) is 35.3. The molecule has 0 saturated heterocycles. The average molecular weight is 1640 g/mol. The van der Waals surface area contributed by atoms with Crippen molar-refractivity contribution in [2.75, 3.05) is 49.2 Å². The van der Waals surface area contributed by atoms with Crippen LogP contribution >= 0.6 is 11.8 Å². The van der Waals surface area contributed by atoms with Crippen LogP contribution < -0.4 is 15.5 Å². The molecule has 0 saturated carbocycles. The Balaban J connectivity index is 0.682. The Kier molecular flexibility index (Phi) is 25.4. The van der Waals surface area contributed by atoms with Gasteiger partial charge in [-0.05, 0) is 233 Å². The van der Waals surface area contributed by atoms with Gasteiger partial charge in [-0.2, -0.15) is 21.4 Å². The van der Waals surface area contributed by atoms with Gasteiger partial charge in [-0.25, -0.2) is 4.98 Å². The van der Waals surface area contributed by atoms with Gasteiger partial charge in [-0.3, -0.25) is 28.5 Å². The van der Waals surface area contributed by atoms with Gasteiger partial charge in [0.1, 0.15) is 6.54 Å². The standard InChI is InChI=1S/C96H112N8O10S3/c1-12-14-15-24-52-114-63(7)87-61(5)77-56-76-60(4)71(91(101-76)74-55-83(105)88-62(6)78(102-92(74)88)57-79-70(13-2)59(3)75(99-79)58-80(87)100-77)42-47-86(106)97-48-20-21-49-98-94(107)68-34-40-69(41-35-68)115-93-66(38-45-84-95(8,9)89-72-32-18-16-28-64(72)36-43-81(89)103(84)50-22-25-53-116(108,109)110)30-27-31-67(93)39-46-85-96(10,11)90-73-33-19-17-29-65(73)37-44-82(90)104(85)51-23-26-54-117(111,112)113/h16-19,28-29,32-41,43-46,56-58,60,63,71H,12-15,20-27,30-31,42,47-55H2,1-11H3,(H5-,97,98,99,100,101,102,105,106,107,108,109,110,111,112,113)/p+1/t60-,63?,71-/m0/s1. The van der Waals surface area contributed by atoms with Crippen LogP contribution in [0.4, 0.5) is 11.4 Å². The lowest BCUT2D eigenvalue weighted by Crippen LogP contribution is -2.28. The summed E-state index contributed by atoms with van der Waals surface area (Å²) in [6.07, 6.45) is 20.6. The molecule has 4 aliphatic heterocycles. The molecule has 3 atom stereocenters. The molecule has 8 aromatic rings. The van der Waals surface area contributed by atoms with E-state index in [0.717, 1.165) is 188 Å². The number of ether oxygens (including phenoxy) is 1. The first-order valence-corrected chi connectivity index (χ1v) is 46.2. The van der Waals surface area contributed by atoms with Crippen molar-refractivity contribution in [1.29, 1.82) is 0 Å². The summed E-state index contributed by atoms with van der Waals surface area (Å²) in [5, 5.41) is 10.9. The smallest absolute Gasteiger partial charge is 0.264 e. The SMILES string of the molecule is CCCCCCOC(C)c1c(C)c2cc3nc(c4c5[nH]c(cc6nc(cc1[nH]2)C(C)=C6CC)c(C)c5C(=O)C4)[C@@H](CCC(=O)NCCCCNC(=O)c1ccc(SC2=C(/C=C/C4=[N+](CCCCS(=O)(=O)O)c5ccc6ccccc6c5C4(C)C)CCC/C2=C\C=C2\N(CCCCS(=O)(=O)O)c4ccc5ccccc5c4C2(C)C)cc1)[C@@H]3C. The number of allylic oxidation sites excluding steroid dienone is 9. The van der Waals surface area contributed by atoms with Gasteiger partial charge in [0.25, 0.3) is 26.1 Å². The maximum Gasteiger partial charge on any atom is 0.264 e. The van der Waals surface area contributed by atoms with Gasteiger partial charge in [0, 0.05) is 146 Å². The zero-order valence-corrected chi connectivity index (χ0v) is 72.1. The molecule has 0 radical (unpaired) electrons. The lowest BCUT2D eigenvalue weighted by Gasteiger charge is -2.28. The summed E-state index contributed by atoms with van der Waals surface area (Å²) in [5.41, 5.74) is 22.7. The number of unbranched alkanes of at least 4 members (excludes halogenated alkanes) is 6. The molecule has 7 heterocycles. The van der Waals surface area contributed by atoms with E-state index in [-0.39, 0.29) is 59.9 Å².